The Morgan fingerprint density at radius 2 is 2.35 bits per heavy atom. The number of carbonyl (C=O) groups excluding carboxylic acids is 1. The molecular weight excluding hydrogens is 260 g/mol. The van der Waals surface area contributed by atoms with Crippen LogP contribution in [0.5, 0.6) is 5.75 Å². The third-order valence-corrected chi connectivity index (χ3v) is 2.89. The Morgan fingerprint density at radius 1 is 1.55 bits per heavy atom. The first-order chi connectivity index (χ1) is 9.61. The van der Waals surface area contributed by atoms with E-state index in [-0.39, 0.29) is 18.1 Å². The number of carbonyl (C=O) groups is 1. The standard InChI is InChI=1S/C14H16N2O4/c1-9-13(16-8-20-9)14(18)15-7-12(17)10-4-3-5-11(6-10)19-2/h3-6,8,12,17H,7H2,1-2H3,(H,15,18). The summed E-state index contributed by atoms with van der Waals surface area (Å²) in [5.41, 5.74) is 0.893. The van der Waals surface area contributed by atoms with Crippen LogP contribution >= 0.6 is 0 Å². The Labute approximate surface area is 116 Å². The minimum Gasteiger partial charge on any atom is -0.497 e. The normalized spacial score (nSPS) is 11.9. The van der Waals surface area contributed by atoms with Crippen LogP contribution in [0.4, 0.5) is 0 Å². The SMILES string of the molecule is COc1cccc(C(O)CNC(=O)c2ncoc2C)c1. The molecule has 0 bridgehead atoms. The van der Waals surface area contributed by atoms with Crippen LogP contribution in [0.1, 0.15) is 27.9 Å². The van der Waals surface area contributed by atoms with Crippen LogP contribution in [-0.4, -0.2) is 29.7 Å². The highest BCUT2D eigenvalue weighted by Gasteiger charge is 2.15. The van der Waals surface area contributed by atoms with Gasteiger partial charge in [0.2, 0.25) is 0 Å². The van der Waals surface area contributed by atoms with E-state index in [2.05, 4.69) is 10.3 Å². The first-order valence-corrected chi connectivity index (χ1v) is 6.12. The Kier molecular flexibility index (Phi) is 4.37. The molecule has 0 radical (unpaired) electrons. The fourth-order valence-electron chi connectivity index (χ4n) is 1.76. The van der Waals surface area contributed by atoms with Crippen molar-refractivity contribution in [3.63, 3.8) is 0 Å². The highest BCUT2D eigenvalue weighted by molar-refractivity contribution is 5.93. The molecule has 0 saturated carbocycles. The van der Waals surface area contributed by atoms with Crippen LogP contribution in [0.3, 0.4) is 0 Å². The molecule has 1 heterocycles. The maximum Gasteiger partial charge on any atom is 0.273 e. The van der Waals surface area contributed by atoms with Crippen molar-refractivity contribution >= 4 is 5.91 Å². The lowest BCUT2D eigenvalue weighted by Gasteiger charge is -2.12. The van der Waals surface area contributed by atoms with Crippen LogP contribution in [0, 0.1) is 6.92 Å². The third-order valence-electron chi connectivity index (χ3n) is 2.89. The molecule has 20 heavy (non-hydrogen) atoms. The summed E-state index contributed by atoms with van der Waals surface area (Å²) < 4.78 is 10.0. The number of hydrogen-bond acceptors (Lipinski definition) is 5. The number of rotatable bonds is 5. The van der Waals surface area contributed by atoms with Crippen molar-refractivity contribution in [2.45, 2.75) is 13.0 Å². The van der Waals surface area contributed by atoms with E-state index in [1.807, 2.05) is 0 Å². The summed E-state index contributed by atoms with van der Waals surface area (Å²) in [5.74, 6) is 0.719. The van der Waals surface area contributed by atoms with Gasteiger partial charge >= 0.3 is 0 Å². The predicted octanol–water partition coefficient (Wildman–Crippen LogP) is 1.46. The van der Waals surface area contributed by atoms with Crippen molar-refractivity contribution in [1.29, 1.82) is 0 Å². The molecule has 0 fully saturated rings. The van der Waals surface area contributed by atoms with Gasteiger partial charge in [0.05, 0.1) is 13.2 Å². The Balaban J connectivity index is 1.96. The Morgan fingerprint density at radius 3 is 3.00 bits per heavy atom. The van der Waals surface area contributed by atoms with Gasteiger partial charge in [0.15, 0.2) is 12.1 Å². The van der Waals surface area contributed by atoms with Crippen molar-refractivity contribution in [3.05, 3.63) is 47.7 Å². The van der Waals surface area contributed by atoms with Gasteiger partial charge in [-0.1, -0.05) is 12.1 Å². The topological polar surface area (TPSA) is 84.6 Å². The molecule has 2 rings (SSSR count). The molecule has 106 valence electrons. The van der Waals surface area contributed by atoms with Gasteiger partial charge in [-0.2, -0.15) is 0 Å². The average Bonchev–Trinajstić information content (AvgIpc) is 2.90. The number of aromatic nitrogens is 1. The maximum absolute atomic E-state index is 11.8. The fourth-order valence-corrected chi connectivity index (χ4v) is 1.76. The van der Waals surface area contributed by atoms with E-state index in [4.69, 9.17) is 9.15 Å². The summed E-state index contributed by atoms with van der Waals surface area (Å²) in [6.07, 6.45) is 0.393. The number of hydrogen-bond donors (Lipinski definition) is 2. The molecule has 6 heteroatoms. The van der Waals surface area contributed by atoms with Gasteiger partial charge in [0.25, 0.3) is 5.91 Å². The van der Waals surface area contributed by atoms with E-state index in [0.29, 0.717) is 17.1 Å². The first-order valence-electron chi connectivity index (χ1n) is 6.12. The molecule has 0 aliphatic rings. The molecule has 1 unspecified atom stereocenters. The lowest BCUT2D eigenvalue weighted by Crippen LogP contribution is -2.29. The monoisotopic (exact) mass is 276 g/mol. The second-order valence-corrected chi connectivity index (χ2v) is 4.26. The van der Waals surface area contributed by atoms with Gasteiger partial charge in [-0.25, -0.2) is 4.98 Å². The van der Waals surface area contributed by atoms with Crippen molar-refractivity contribution in [3.8, 4) is 5.75 Å². The minimum absolute atomic E-state index is 0.0816. The van der Waals surface area contributed by atoms with Gasteiger partial charge in [-0.3, -0.25) is 4.79 Å². The van der Waals surface area contributed by atoms with Crippen LogP contribution in [-0.2, 0) is 0 Å². The van der Waals surface area contributed by atoms with Gasteiger partial charge in [0, 0.05) is 6.54 Å². The smallest absolute Gasteiger partial charge is 0.273 e. The maximum atomic E-state index is 11.8. The number of ether oxygens (including phenoxy) is 1. The summed E-state index contributed by atoms with van der Waals surface area (Å²) in [4.78, 5) is 15.6. The van der Waals surface area contributed by atoms with Crippen LogP contribution in [0.15, 0.2) is 35.1 Å². The number of nitrogens with one attached hydrogen (secondary N) is 1. The van der Waals surface area contributed by atoms with Crippen molar-refractivity contribution < 1.29 is 19.1 Å². The zero-order chi connectivity index (χ0) is 14.5. The summed E-state index contributed by atoms with van der Waals surface area (Å²) in [7, 11) is 1.56. The summed E-state index contributed by atoms with van der Waals surface area (Å²) in [6, 6.07) is 7.05. The molecule has 0 saturated heterocycles. The number of aliphatic hydroxyl groups excluding tert-OH is 1. The second-order valence-electron chi connectivity index (χ2n) is 4.26. The zero-order valence-corrected chi connectivity index (χ0v) is 11.3. The van der Waals surface area contributed by atoms with Crippen molar-refractivity contribution in [1.82, 2.24) is 10.3 Å². The van der Waals surface area contributed by atoms with Gasteiger partial charge < -0.3 is 19.6 Å². The van der Waals surface area contributed by atoms with E-state index in [0.717, 1.165) is 0 Å². The van der Waals surface area contributed by atoms with E-state index >= 15 is 0 Å². The fraction of sp³-hybridized carbons (Fsp3) is 0.286. The molecule has 1 atom stereocenters. The lowest BCUT2D eigenvalue weighted by atomic mass is 10.1. The number of nitrogens with zero attached hydrogens (tertiary/aromatic N) is 1. The van der Waals surface area contributed by atoms with Gasteiger partial charge in [0.1, 0.15) is 11.5 Å². The predicted molar refractivity (Wildman–Crippen MR) is 71.5 cm³/mol. The van der Waals surface area contributed by atoms with E-state index in [1.54, 1.807) is 38.3 Å². The molecule has 2 aromatic rings. The van der Waals surface area contributed by atoms with Gasteiger partial charge in [-0.15, -0.1) is 0 Å². The molecule has 6 nitrogen and oxygen atoms in total. The largest absolute Gasteiger partial charge is 0.497 e. The molecule has 0 aliphatic heterocycles. The van der Waals surface area contributed by atoms with E-state index < -0.39 is 6.10 Å². The Hall–Kier alpha value is -2.34. The number of amides is 1. The van der Waals surface area contributed by atoms with E-state index in [1.165, 1.54) is 6.39 Å². The number of aliphatic hydroxyl groups is 1. The number of methoxy groups -OCH3 is 1. The molecule has 0 spiro atoms. The highest BCUT2D eigenvalue weighted by Crippen LogP contribution is 2.18. The molecule has 2 N–H and O–H groups in total. The summed E-state index contributed by atoms with van der Waals surface area (Å²) in [5, 5.41) is 12.7. The third kappa shape index (κ3) is 3.16. The minimum atomic E-state index is -0.818. The molecule has 1 aromatic heterocycles. The van der Waals surface area contributed by atoms with Crippen LogP contribution in [0.2, 0.25) is 0 Å². The Bertz CT molecular complexity index is 594. The summed E-state index contributed by atoms with van der Waals surface area (Å²) in [6.45, 7) is 1.73. The van der Waals surface area contributed by atoms with Crippen molar-refractivity contribution in [2.75, 3.05) is 13.7 Å². The number of aryl methyl sites for hydroxylation is 1. The van der Waals surface area contributed by atoms with Gasteiger partial charge in [-0.05, 0) is 24.6 Å². The molecule has 1 amide bonds. The number of benzene rings is 1. The quantitative estimate of drug-likeness (QED) is 0.863. The summed E-state index contributed by atoms with van der Waals surface area (Å²) >= 11 is 0. The van der Waals surface area contributed by atoms with Crippen LogP contribution in [0.25, 0.3) is 0 Å². The lowest BCUT2D eigenvalue weighted by molar-refractivity contribution is 0.0910. The van der Waals surface area contributed by atoms with Crippen molar-refractivity contribution in [2.24, 2.45) is 0 Å². The van der Waals surface area contributed by atoms with Crippen LogP contribution < -0.4 is 10.1 Å². The zero-order valence-electron chi connectivity index (χ0n) is 11.3. The van der Waals surface area contributed by atoms with E-state index in [9.17, 15) is 9.90 Å². The highest BCUT2D eigenvalue weighted by atomic mass is 16.5. The molecular formula is C14H16N2O4. The molecule has 1 aromatic carbocycles. The number of oxazole rings is 1. The second kappa shape index (κ2) is 6.21. The molecule has 0 aliphatic carbocycles. The first kappa shape index (κ1) is 14.1. The average molecular weight is 276 g/mol.